The van der Waals surface area contributed by atoms with Crippen LogP contribution in [0.3, 0.4) is 0 Å². The molecular weight excluding hydrogens is 402 g/mol. The minimum atomic E-state index is -0.495. The fourth-order valence-electron chi connectivity index (χ4n) is 3.22. The third-order valence-electron chi connectivity index (χ3n) is 4.71. The second kappa shape index (κ2) is 8.42. The summed E-state index contributed by atoms with van der Waals surface area (Å²) in [4.78, 5) is 46.3. The van der Waals surface area contributed by atoms with Crippen LogP contribution in [0.15, 0.2) is 63.8 Å². The normalized spacial score (nSPS) is 11.0. The number of fused-ring (bicyclic) bond motifs is 1. The second-order valence-corrected chi connectivity index (χ2v) is 7.52. The third-order valence-corrected chi connectivity index (χ3v) is 5.56. The first-order valence-corrected chi connectivity index (χ1v) is 10.3. The Labute approximate surface area is 175 Å². The van der Waals surface area contributed by atoms with E-state index in [1.165, 1.54) is 15.9 Å². The van der Waals surface area contributed by atoms with Gasteiger partial charge in [0.1, 0.15) is 11.6 Å². The van der Waals surface area contributed by atoms with E-state index in [2.05, 4.69) is 15.3 Å². The molecule has 0 unspecified atom stereocenters. The van der Waals surface area contributed by atoms with Crippen LogP contribution >= 0.6 is 11.3 Å². The largest absolute Gasteiger partial charge is 0.348 e. The van der Waals surface area contributed by atoms with E-state index in [-0.39, 0.29) is 31.1 Å². The highest BCUT2D eigenvalue weighted by atomic mass is 32.1. The first kappa shape index (κ1) is 19.7. The fraction of sp³-hybridized carbons (Fsp3) is 0.190. The van der Waals surface area contributed by atoms with E-state index >= 15 is 0 Å². The van der Waals surface area contributed by atoms with E-state index in [0.717, 1.165) is 20.8 Å². The van der Waals surface area contributed by atoms with Crippen LogP contribution in [-0.4, -0.2) is 25.0 Å². The zero-order valence-corrected chi connectivity index (χ0v) is 17.1. The van der Waals surface area contributed by atoms with Crippen molar-refractivity contribution in [3.8, 4) is 11.3 Å². The summed E-state index contributed by atoms with van der Waals surface area (Å²) in [7, 11) is 0. The maximum Gasteiger partial charge on any atom is 0.331 e. The summed E-state index contributed by atoms with van der Waals surface area (Å²) >= 11 is 1.45. The molecule has 9 heteroatoms. The zero-order chi connectivity index (χ0) is 21.1. The van der Waals surface area contributed by atoms with Crippen LogP contribution in [0.5, 0.6) is 0 Å². The Hall–Kier alpha value is -3.59. The summed E-state index contributed by atoms with van der Waals surface area (Å²) in [6.07, 6.45) is 3.40. The number of para-hydroxylation sites is 1. The Morgan fingerprint density at radius 3 is 2.63 bits per heavy atom. The first-order chi connectivity index (χ1) is 14.6. The number of benzene rings is 1. The van der Waals surface area contributed by atoms with Crippen molar-refractivity contribution in [3.05, 3.63) is 80.0 Å². The summed E-state index contributed by atoms with van der Waals surface area (Å²) in [5.41, 5.74) is 1.39. The van der Waals surface area contributed by atoms with Gasteiger partial charge in [-0.15, -0.1) is 11.3 Å². The first-order valence-electron chi connectivity index (χ1n) is 9.42. The number of rotatable bonds is 6. The van der Waals surface area contributed by atoms with Gasteiger partial charge in [-0.1, -0.05) is 12.1 Å². The fourth-order valence-corrected chi connectivity index (χ4v) is 3.97. The van der Waals surface area contributed by atoms with Crippen molar-refractivity contribution < 1.29 is 4.79 Å². The molecule has 1 aromatic carbocycles. The molecule has 3 aromatic heterocycles. The number of pyridine rings is 1. The molecule has 4 aromatic rings. The molecule has 3 heterocycles. The predicted molar refractivity (Wildman–Crippen MR) is 115 cm³/mol. The molecule has 1 amide bonds. The Morgan fingerprint density at radius 1 is 1.10 bits per heavy atom. The average Bonchev–Trinajstić information content (AvgIpc) is 3.25. The second-order valence-electron chi connectivity index (χ2n) is 6.57. The van der Waals surface area contributed by atoms with Gasteiger partial charge < -0.3 is 5.32 Å². The molecular formula is C21H19N5O3S. The molecule has 0 bridgehead atoms. The number of nitrogens with zero attached hydrogens (tertiary/aromatic N) is 4. The topological polar surface area (TPSA) is 98.9 Å². The van der Waals surface area contributed by atoms with Gasteiger partial charge in [-0.2, -0.15) is 0 Å². The summed E-state index contributed by atoms with van der Waals surface area (Å²) in [5.74, 6) is -0.329. The molecule has 0 atom stereocenters. The van der Waals surface area contributed by atoms with Gasteiger partial charge in [0, 0.05) is 29.9 Å². The molecule has 8 nitrogen and oxygen atoms in total. The van der Waals surface area contributed by atoms with E-state index in [1.54, 1.807) is 43.6 Å². The SMILES string of the molecule is CCn1c(=O)c2ccccc2n(CC(=O)NCc2nc(-c3ccncc3)cs2)c1=O. The molecule has 0 fully saturated rings. The standard InChI is InChI=1S/C21H19N5O3S/c1-2-25-20(28)15-5-3-4-6-17(15)26(21(25)29)12-18(27)23-11-19-24-16(13-30-19)14-7-9-22-10-8-14/h3-10,13H,2,11-12H2,1H3,(H,23,27). The van der Waals surface area contributed by atoms with Gasteiger partial charge >= 0.3 is 5.69 Å². The van der Waals surface area contributed by atoms with Crippen molar-refractivity contribution in [3.63, 3.8) is 0 Å². The van der Waals surface area contributed by atoms with Gasteiger partial charge in [-0.25, -0.2) is 9.78 Å². The van der Waals surface area contributed by atoms with E-state index < -0.39 is 5.69 Å². The number of carbonyl (C=O) groups excluding carboxylic acids is 1. The van der Waals surface area contributed by atoms with Crippen LogP contribution in [0.2, 0.25) is 0 Å². The van der Waals surface area contributed by atoms with Crippen LogP contribution < -0.4 is 16.6 Å². The molecule has 30 heavy (non-hydrogen) atoms. The Balaban J connectivity index is 1.53. The number of amides is 1. The zero-order valence-electron chi connectivity index (χ0n) is 16.2. The minimum absolute atomic E-state index is 0.178. The molecule has 0 radical (unpaired) electrons. The molecule has 152 valence electrons. The molecule has 0 aliphatic rings. The molecule has 0 saturated heterocycles. The van der Waals surface area contributed by atoms with Crippen LogP contribution in [-0.2, 0) is 24.4 Å². The summed E-state index contributed by atoms with van der Waals surface area (Å²) in [5, 5.41) is 5.89. The van der Waals surface area contributed by atoms with Crippen molar-refractivity contribution in [2.75, 3.05) is 0 Å². The summed E-state index contributed by atoms with van der Waals surface area (Å²) in [6, 6.07) is 10.6. The van der Waals surface area contributed by atoms with E-state index in [9.17, 15) is 14.4 Å². The van der Waals surface area contributed by atoms with Crippen LogP contribution in [0.1, 0.15) is 11.9 Å². The predicted octanol–water partition coefficient (Wildman–Crippen LogP) is 2.02. The number of nitrogens with one attached hydrogen (secondary N) is 1. The molecule has 0 aliphatic carbocycles. The number of hydrogen-bond donors (Lipinski definition) is 1. The quantitative estimate of drug-likeness (QED) is 0.514. The highest BCUT2D eigenvalue weighted by Gasteiger charge is 2.14. The lowest BCUT2D eigenvalue weighted by Crippen LogP contribution is -2.42. The summed E-state index contributed by atoms with van der Waals surface area (Å²) in [6.45, 7) is 2.04. The highest BCUT2D eigenvalue weighted by molar-refractivity contribution is 7.09. The summed E-state index contributed by atoms with van der Waals surface area (Å²) < 4.78 is 2.47. The molecule has 0 aliphatic heterocycles. The number of hydrogen-bond acceptors (Lipinski definition) is 6. The van der Waals surface area contributed by atoms with Gasteiger partial charge in [0.25, 0.3) is 5.56 Å². The van der Waals surface area contributed by atoms with Crippen molar-refractivity contribution in [2.45, 2.75) is 26.6 Å². The lowest BCUT2D eigenvalue weighted by molar-refractivity contribution is -0.121. The van der Waals surface area contributed by atoms with Crippen molar-refractivity contribution in [1.82, 2.24) is 24.4 Å². The average molecular weight is 421 g/mol. The number of thiazole rings is 1. The molecule has 0 saturated carbocycles. The van der Waals surface area contributed by atoms with Gasteiger partial charge in [0.2, 0.25) is 5.91 Å². The van der Waals surface area contributed by atoms with Crippen molar-refractivity contribution >= 4 is 28.1 Å². The van der Waals surface area contributed by atoms with Gasteiger partial charge in [0.15, 0.2) is 0 Å². The van der Waals surface area contributed by atoms with Gasteiger partial charge in [-0.05, 0) is 31.2 Å². The van der Waals surface area contributed by atoms with Crippen LogP contribution in [0.4, 0.5) is 0 Å². The van der Waals surface area contributed by atoms with Gasteiger partial charge in [0.05, 0.1) is 23.1 Å². The maximum absolute atomic E-state index is 12.7. The van der Waals surface area contributed by atoms with E-state index in [0.29, 0.717) is 10.9 Å². The van der Waals surface area contributed by atoms with Gasteiger partial charge in [-0.3, -0.25) is 23.7 Å². The highest BCUT2D eigenvalue weighted by Crippen LogP contribution is 2.20. The minimum Gasteiger partial charge on any atom is -0.348 e. The van der Waals surface area contributed by atoms with Crippen molar-refractivity contribution in [2.24, 2.45) is 0 Å². The van der Waals surface area contributed by atoms with Crippen molar-refractivity contribution in [1.29, 1.82) is 0 Å². The lowest BCUT2D eigenvalue weighted by Gasteiger charge is -2.13. The lowest BCUT2D eigenvalue weighted by atomic mass is 10.2. The van der Waals surface area contributed by atoms with E-state index in [4.69, 9.17) is 0 Å². The number of aromatic nitrogens is 4. The molecule has 4 rings (SSSR count). The third kappa shape index (κ3) is 3.79. The van der Waals surface area contributed by atoms with Crippen LogP contribution in [0.25, 0.3) is 22.2 Å². The van der Waals surface area contributed by atoms with E-state index in [1.807, 2.05) is 17.5 Å². The van der Waals surface area contributed by atoms with Crippen LogP contribution in [0, 0.1) is 0 Å². The number of carbonyl (C=O) groups is 1. The maximum atomic E-state index is 12.7. The molecule has 1 N–H and O–H groups in total. The molecule has 0 spiro atoms. The Morgan fingerprint density at radius 2 is 1.87 bits per heavy atom. The smallest absolute Gasteiger partial charge is 0.331 e. The Bertz CT molecular complexity index is 1320. The Kier molecular flexibility index (Phi) is 5.53. The monoisotopic (exact) mass is 421 g/mol.